The van der Waals surface area contributed by atoms with Crippen molar-refractivity contribution >= 4 is 29.4 Å². The van der Waals surface area contributed by atoms with Gasteiger partial charge in [-0.15, -0.1) is 11.8 Å². The van der Waals surface area contributed by atoms with Crippen LogP contribution in [0.15, 0.2) is 41.3 Å². The molecule has 0 saturated carbocycles. The molecule has 2 N–H and O–H groups in total. The van der Waals surface area contributed by atoms with Crippen molar-refractivity contribution < 1.29 is 18.4 Å². The first-order valence-electron chi connectivity index (χ1n) is 7.11. The maximum absolute atomic E-state index is 13.4. The summed E-state index contributed by atoms with van der Waals surface area (Å²) in [5.74, 6) is -2.17. The van der Waals surface area contributed by atoms with Crippen molar-refractivity contribution in [1.29, 1.82) is 0 Å². The molecular weight excluding hydrogens is 334 g/mol. The lowest BCUT2D eigenvalue weighted by atomic mass is 10.1. The molecule has 0 fully saturated rings. The fourth-order valence-corrected chi connectivity index (χ4v) is 2.60. The summed E-state index contributed by atoms with van der Waals surface area (Å²) in [6.45, 7) is 3.87. The van der Waals surface area contributed by atoms with Gasteiger partial charge in [0.05, 0.1) is 5.75 Å². The molecule has 0 aliphatic rings. The smallest absolute Gasteiger partial charge is 0.308 e. The van der Waals surface area contributed by atoms with Crippen molar-refractivity contribution in [3.8, 4) is 0 Å². The summed E-state index contributed by atoms with van der Waals surface area (Å²) in [7, 11) is 0. The van der Waals surface area contributed by atoms with Gasteiger partial charge in [-0.3, -0.25) is 10.1 Å². The van der Waals surface area contributed by atoms with Crippen molar-refractivity contribution in [2.75, 3.05) is 11.1 Å². The van der Waals surface area contributed by atoms with Gasteiger partial charge in [0.2, 0.25) is 5.91 Å². The molecule has 126 valence electrons. The first-order chi connectivity index (χ1) is 11.3. The van der Waals surface area contributed by atoms with Gasteiger partial charge in [0.1, 0.15) is 11.6 Å². The van der Waals surface area contributed by atoms with Crippen molar-refractivity contribution in [3.63, 3.8) is 0 Å². The van der Waals surface area contributed by atoms with Gasteiger partial charge in [0, 0.05) is 16.6 Å². The van der Waals surface area contributed by atoms with Crippen LogP contribution < -0.4 is 10.6 Å². The molecule has 3 amide bonds. The number of urea groups is 1. The van der Waals surface area contributed by atoms with Gasteiger partial charge < -0.3 is 5.32 Å². The minimum absolute atomic E-state index is 0.140. The molecule has 24 heavy (non-hydrogen) atoms. The third kappa shape index (κ3) is 5.06. The van der Waals surface area contributed by atoms with Crippen LogP contribution in [0.2, 0.25) is 0 Å². The summed E-state index contributed by atoms with van der Waals surface area (Å²) in [4.78, 5) is 23.6. The highest BCUT2D eigenvalue weighted by atomic mass is 32.2. The van der Waals surface area contributed by atoms with E-state index in [1.54, 1.807) is 12.1 Å². The van der Waals surface area contributed by atoms with Gasteiger partial charge in [0.25, 0.3) is 0 Å². The molecule has 7 heteroatoms. The first-order valence-corrected chi connectivity index (χ1v) is 8.09. The second kappa shape index (κ2) is 7.92. The first kappa shape index (κ1) is 17.9. The number of anilines is 1. The van der Waals surface area contributed by atoms with E-state index in [0.29, 0.717) is 5.69 Å². The number of hydrogen-bond acceptors (Lipinski definition) is 3. The summed E-state index contributed by atoms with van der Waals surface area (Å²) in [5.41, 5.74) is 2.68. The molecule has 0 aromatic heterocycles. The van der Waals surface area contributed by atoms with E-state index in [0.717, 1.165) is 35.0 Å². The average molecular weight is 350 g/mol. The zero-order chi connectivity index (χ0) is 17.7. The molecule has 0 heterocycles. The molecule has 0 aliphatic carbocycles. The molecule has 4 nitrogen and oxygen atoms in total. The van der Waals surface area contributed by atoms with Gasteiger partial charge in [-0.25, -0.2) is 13.6 Å². The molecule has 0 radical (unpaired) electrons. The normalized spacial score (nSPS) is 10.3. The Morgan fingerprint density at radius 2 is 1.79 bits per heavy atom. The average Bonchev–Trinajstić information content (AvgIpc) is 2.50. The third-order valence-electron chi connectivity index (χ3n) is 3.27. The lowest BCUT2D eigenvalue weighted by molar-refractivity contribution is -0.117. The number of amides is 3. The SMILES string of the molecule is Cc1ccc(NC(=O)NC(=O)CSc2ccc(F)cc2F)cc1C. The van der Waals surface area contributed by atoms with Gasteiger partial charge in [-0.1, -0.05) is 6.07 Å². The maximum atomic E-state index is 13.4. The number of thioether (sulfide) groups is 1. The van der Waals surface area contributed by atoms with E-state index in [1.807, 2.05) is 19.9 Å². The number of carbonyl (C=O) groups excluding carboxylic acids is 2. The number of carbonyl (C=O) groups is 2. The van der Waals surface area contributed by atoms with E-state index in [-0.39, 0.29) is 10.6 Å². The van der Waals surface area contributed by atoms with Crippen LogP contribution in [0.25, 0.3) is 0 Å². The van der Waals surface area contributed by atoms with Crippen molar-refractivity contribution in [1.82, 2.24) is 5.32 Å². The summed E-state index contributed by atoms with van der Waals surface area (Å²) in [6.07, 6.45) is 0. The fraction of sp³-hybridized carbons (Fsp3) is 0.176. The third-order valence-corrected chi connectivity index (χ3v) is 4.32. The highest BCUT2D eigenvalue weighted by molar-refractivity contribution is 8.00. The van der Waals surface area contributed by atoms with Crippen LogP contribution in [0.1, 0.15) is 11.1 Å². The number of benzene rings is 2. The molecule has 0 unspecified atom stereocenters. The second-order valence-corrected chi connectivity index (χ2v) is 6.18. The summed E-state index contributed by atoms with van der Waals surface area (Å²) < 4.78 is 26.2. The monoisotopic (exact) mass is 350 g/mol. The molecule has 0 atom stereocenters. The van der Waals surface area contributed by atoms with Crippen LogP contribution in [-0.2, 0) is 4.79 Å². The number of hydrogen-bond donors (Lipinski definition) is 2. The highest BCUT2D eigenvalue weighted by Gasteiger charge is 2.11. The molecule has 0 saturated heterocycles. The highest BCUT2D eigenvalue weighted by Crippen LogP contribution is 2.22. The second-order valence-electron chi connectivity index (χ2n) is 5.16. The van der Waals surface area contributed by atoms with E-state index in [4.69, 9.17) is 0 Å². The molecule has 0 spiro atoms. The van der Waals surface area contributed by atoms with Crippen LogP contribution in [0.4, 0.5) is 19.3 Å². The quantitative estimate of drug-likeness (QED) is 0.819. The Hall–Kier alpha value is -2.41. The Kier molecular flexibility index (Phi) is 5.92. The predicted octanol–water partition coefficient (Wildman–Crippen LogP) is 4.02. The molecule has 0 aliphatic heterocycles. The zero-order valence-corrected chi connectivity index (χ0v) is 14.0. The standard InChI is InChI=1S/C17H16F2N2O2S/c1-10-3-5-13(7-11(10)2)20-17(23)21-16(22)9-24-15-6-4-12(18)8-14(15)19/h3-8H,9H2,1-2H3,(H2,20,21,22,23). The zero-order valence-electron chi connectivity index (χ0n) is 13.2. The van der Waals surface area contributed by atoms with Gasteiger partial charge in [-0.2, -0.15) is 0 Å². The summed E-state index contributed by atoms with van der Waals surface area (Å²) in [5, 5.41) is 4.71. The van der Waals surface area contributed by atoms with Gasteiger partial charge >= 0.3 is 6.03 Å². The Morgan fingerprint density at radius 1 is 1.04 bits per heavy atom. The topological polar surface area (TPSA) is 58.2 Å². The van der Waals surface area contributed by atoms with E-state index >= 15 is 0 Å². The van der Waals surface area contributed by atoms with Crippen molar-refractivity contribution in [2.45, 2.75) is 18.7 Å². The van der Waals surface area contributed by atoms with Crippen molar-refractivity contribution in [2.24, 2.45) is 0 Å². The van der Waals surface area contributed by atoms with E-state index < -0.39 is 23.6 Å². The lowest BCUT2D eigenvalue weighted by Crippen LogP contribution is -2.35. The minimum atomic E-state index is -0.743. The van der Waals surface area contributed by atoms with E-state index in [9.17, 15) is 18.4 Å². The largest absolute Gasteiger partial charge is 0.325 e. The predicted molar refractivity (Wildman–Crippen MR) is 90.2 cm³/mol. The molecule has 2 aromatic rings. The fourth-order valence-electron chi connectivity index (χ4n) is 1.88. The number of aryl methyl sites for hydroxylation is 2. The Labute approximate surface area is 142 Å². The number of halogens is 2. The van der Waals surface area contributed by atoms with E-state index in [1.165, 1.54) is 6.07 Å². The Balaban J connectivity index is 1.85. The molecular formula is C17H16F2N2O2S. The maximum Gasteiger partial charge on any atom is 0.325 e. The van der Waals surface area contributed by atoms with Crippen LogP contribution in [0.3, 0.4) is 0 Å². The Bertz CT molecular complexity index is 781. The lowest BCUT2D eigenvalue weighted by Gasteiger charge is -2.08. The van der Waals surface area contributed by atoms with Crippen molar-refractivity contribution in [3.05, 3.63) is 59.2 Å². The number of imide groups is 1. The molecule has 2 rings (SSSR count). The minimum Gasteiger partial charge on any atom is -0.308 e. The van der Waals surface area contributed by atoms with Crippen LogP contribution in [-0.4, -0.2) is 17.7 Å². The van der Waals surface area contributed by atoms with Crippen LogP contribution >= 0.6 is 11.8 Å². The van der Waals surface area contributed by atoms with Crippen LogP contribution in [0.5, 0.6) is 0 Å². The molecule has 2 aromatic carbocycles. The Morgan fingerprint density at radius 3 is 2.46 bits per heavy atom. The number of rotatable bonds is 4. The summed E-state index contributed by atoms with van der Waals surface area (Å²) in [6, 6.07) is 7.82. The summed E-state index contributed by atoms with van der Waals surface area (Å²) >= 11 is 0.883. The number of nitrogens with one attached hydrogen (secondary N) is 2. The van der Waals surface area contributed by atoms with E-state index in [2.05, 4.69) is 10.6 Å². The van der Waals surface area contributed by atoms with Crippen LogP contribution in [0, 0.1) is 25.5 Å². The molecule has 0 bridgehead atoms. The van der Waals surface area contributed by atoms with Gasteiger partial charge in [0.15, 0.2) is 0 Å². The van der Waals surface area contributed by atoms with Gasteiger partial charge in [-0.05, 0) is 49.2 Å².